The van der Waals surface area contributed by atoms with Crippen LogP contribution in [0, 0.1) is 0 Å². The molecule has 1 aromatic rings. The summed E-state index contributed by atoms with van der Waals surface area (Å²) < 4.78 is 2.15. The summed E-state index contributed by atoms with van der Waals surface area (Å²) in [5, 5.41) is 3.21. The fraction of sp³-hybridized carbons (Fsp3) is 0.571. The topological polar surface area (TPSA) is 55.9 Å². The molecule has 3 N–H and O–H groups in total. The lowest BCUT2D eigenvalue weighted by atomic mass is 10.2. The maximum absolute atomic E-state index is 5.51. The average Bonchev–Trinajstić information content (AvgIpc) is 2.32. The van der Waals surface area contributed by atoms with E-state index in [9.17, 15) is 0 Å². The molecule has 2 heterocycles. The van der Waals surface area contributed by atoms with Gasteiger partial charge < -0.3 is 15.6 Å². The summed E-state index contributed by atoms with van der Waals surface area (Å²) in [6, 6.07) is 0.580. The van der Waals surface area contributed by atoms with Gasteiger partial charge in [0, 0.05) is 25.5 Å². The second-order valence-corrected chi connectivity index (χ2v) is 2.77. The first-order valence-corrected chi connectivity index (χ1v) is 3.84. The number of rotatable bonds is 2. The van der Waals surface area contributed by atoms with Gasteiger partial charge in [-0.1, -0.05) is 0 Å². The maximum atomic E-state index is 5.51. The molecule has 0 unspecified atom stereocenters. The molecule has 11 heavy (non-hydrogen) atoms. The molecule has 0 aliphatic carbocycles. The zero-order valence-electron chi connectivity index (χ0n) is 6.33. The lowest BCUT2D eigenvalue weighted by Gasteiger charge is -2.29. The number of hydrogen-bond donors (Lipinski definition) is 2. The Morgan fingerprint density at radius 1 is 1.73 bits per heavy atom. The highest BCUT2D eigenvalue weighted by Gasteiger charge is 2.19. The van der Waals surface area contributed by atoms with Gasteiger partial charge in [-0.2, -0.15) is 0 Å². The smallest absolute Gasteiger partial charge is 0.122 e. The van der Waals surface area contributed by atoms with Gasteiger partial charge in [-0.15, -0.1) is 0 Å². The van der Waals surface area contributed by atoms with Crippen molar-refractivity contribution in [2.45, 2.75) is 12.6 Å². The molecular formula is C7H12N4. The van der Waals surface area contributed by atoms with E-state index in [0.29, 0.717) is 12.6 Å². The Labute approximate surface area is 65.4 Å². The molecule has 0 atom stereocenters. The van der Waals surface area contributed by atoms with Crippen LogP contribution in [0.4, 0.5) is 0 Å². The van der Waals surface area contributed by atoms with E-state index in [-0.39, 0.29) is 0 Å². The lowest BCUT2D eigenvalue weighted by Crippen LogP contribution is -2.43. The van der Waals surface area contributed by atoms with E-state index < -0.39 is 0 Å². The predicted molar refractivity (Wildman–Crippen MR) is 42.0 cm³/mol. The predicted octanol–water partition coefficient (Wildman–Crippen LogP) is -0.514. The Bertz CT molecular complexity index is 238. The highest BCUT2D eigenvalue weighted by atomic mass is 15.2. The number of imidazole rings is 1. The van der Waals surface area contributed by atoms with Crippen molar-refractivity contribution in [2.24, 2.45) is 5.73 Å². The minimum absolute atomic E-state index is 0.531. The van der Waals surface area contributed by atoms with Gasteiger partial charge in [-0.3, -0.25) is 0 Å². The van der Waals surface area contributed by atoms with Crippen molar-refractivity contribution in [1.82, 2.24) is 14.9 Å². The molecule has 0 aromatic carbocycles. The number of hydrogen-bond acceptors (Lipinski definition) is 3. The molecule has 4 heteroatoms. The van der Waals surface area contributed by atoms with E-state index in [1.807, 2.05) is 6.20 Å². The fourth-order valence-electron chi connectivity index (χ4n) is 1.30. The third kappa shape index (κ3) is 1.04. The molecule has 1 aliphatic heterocycles. The Kier molecular flexibility index (Phi) is 1.63. The van der Waals surface area contributed by atoms with Crippen LogP contribution in [0.2, 0.25) is 0 Å². The van der Waals surface area contributed by atoms with Crippen molar-refractivity contribution >= 4 is 0 Å². The number of nitrogens with one attached hydrogen (secondary N) is 1. The monoisotopic (exact) mass is 152 g/mol. The Morgan fingerprint density at radius 2 is 2.55 bits per heavy atom. The summed E-state index contributed by atoms with van der Waals surface area (Å²) in [6.07, 6.45) is 3.80. The summed E-state index contributed by atoms with van der Waals surface area (Å²) >= 11 is 0. The zero-order chi connectivity index (χ0) is 7.68. The van der Waals surface area contributed by atoms with Crippen molar-refractivity contribution in [2.75, 3.05) is 13.1 Å². The van der Waals surface area contributed by atoms with E-state index in [0.717, 1.165) is 18.9 Å². The van der Waals surface area contributed by atoms with Gasteiger partial charge in [0.2, 0.25) is 0 Å². The van der Waals surface area contributed by atoms with Crippen LogP contribution in [-0.2, 0) is 6.54 Å². The molecule has 0 spiro atoms. The van der Waals surface area contributed by atoms with Crippen molar-refractivity contribution < 1.29 is 0 Å². The first kappa shape index (κ1) is 6.82. The van der Waals surface area contributed by atoms with Gasteiger partial charge in [0.25, 0.3) is 0 Å². The third-order valence-electron chi connectivity index (χ3n) is 2.08. The van der Waals surface area contributed by atoms with Crippen LogP contribution in [0.1, 0.15) is 11.9 Å². The summed E-state index contributed by atoms with van der Waals surface area (Å²) in [7, 11) is 0. The first-order valence-electron chi connectivity index (χ1n) is 3.84. The molecule has 2 rings (SSSR count). The highest BCUT2D eigenvalue weighted by molar-refractivity contribution is 4.98. The highest BCUT2D eigenvalue weighted by Crippen LogP contribution is 2.12. The van der Waals surface area contributed by atoms with Crippen LogP contribution in [-0.4, -0.2) is 22.6 Å². The van der Waals surface area contributed by atoms with Crippen LogP contribution in [0.3, 0.4) is 0 Å². The Morgan fingerprint density at radius 3 is 3.09 bits per heavy atom. The molecule has 4 nitrogen and oxygen atoms in total. The molecule has 1 saturated heterocycles. The fourth-order valence-corrected chi connectivity index (χ4v) is 1.30. The van der Waals surface area contributed by atoms with Gasteiger partial charge in [0.05, 0.1) is 12.6 Å². The molecule has 0 amide bonds. The van der Waals surface area contributed by atoms with Crippen molar-refractivity contribution in [1.29, 1.82) is 0 Å². The minimum Gasteiger partial charge on any atom is -0.328 e. The average molecular weight is 152 g/mol. The number of nitrogens with two attached hydrogens (primary N) is 1. The third-order valence-corrected chi connectivity index (χ3v) is 2.08. The maximum Gasteiger partial charge on any atom is 0.122 e. The normalized spacial score (nSPS) is 18.3. The van der Waals surface area contributed by atoms with Gasteiger partial charge in [0.1, 0.15) is 5.82 Å². The summed E-state index contributed by atoms with van der Waals surface area (Å²) in [5.41, 5.74) is 5.51. The molecule has 1 fully saturated rings. The van der Waals surface area contributed by atoms with Crippen LogP contribution >= 0.6 is 0 Å². The number of aromatic nitrogens is 2. The van der Waals surface area contributed by atoms with Crippen LogP contribution in [0.25, 0.3) is 0 Å². The van der Waals surface area contributed by atoms with E-state index in [4.69, 9.17) is 5.73 Å². The van der Waals surface area contributed by atoms with Crippen molar-refractivity contribution in [3.05, 3.63) is 18.2 Å². The van der Waals surface area contributed by atoms with E-state index in [1.54, 1.807) is 6.20 Å². The first-order chi connectivity index (χ1) is 5.42. The molecule has 1 aromatic heterocycles. The van der Waals surface area contributed by atoms with E-state index >= 15 is 0 Å². The van der Waals surface area contributed by atoms with E-state index in [2.05, 4.69) is 14.9 Å². The Hall–Kier alpha value is -0.870. The molecule has 0 bridgehead atoms. The second-order valence-electron chi connectivity index (χ2n) is 2.77. The van der Waals surface area contributed by atoms with Crippen molar-refractivity contribution in [3.8, 4) is 0 Å². The second kappa shape index (κ2) is 2.64. The van der Waals surface area contributed by atoms with Gasteiger partial charge in [-0.05, 0) is 0 Å². The SMILES string of the molecule is NCc1nccn1C1CNC1. The molecular weight excluding hydrogens is 140 g/mol. The van der Waals surface area contributed by atoms with Crippen molar-refractivity contribution in [3.63, 3.8) is 0 Å². The molecule has 0 saturated carbocycles. The minimum atomic E-state index is 0.531. The Balaban J connectivity index is 2.20. The molecule has 0 radical (unpaired) electrons. The van der Waals surface area contributed by atoms with Crippen LogP contribution in [0.15, 0.2) is 12.4 Å². The zero-order valence-corrected chi connectivity index (χ0v) is 6.33. The van der Waals surface area contributed by atoms with E-state index in [1.165, 1.54) is 0 Å². The largest absolute Gasteiger partial charge is 0.328 e. The van der Waals surface area contributed by atoms with Gasteiger partial charge in [-0.25, -0.2) is 4.98 Å². The van der Waals surface area contributed by atoms with Gasteiger partial charge >= 0.3 is 0 Å². The summed E-state index contributed by atoms with van der Waals surface area (Å²) in [5.74, 6) is 0.983. The van der Waals surface area contributed by atoms with Gasteiger partial charge in [0.15, 0.2) is 0 Å². The summed E-state index contributed by atoms with van der Waals surface area (Å²) in [4.78, 5) is 4.15. The molecule has 1 aliphatic rings. The summed E-state index contributed by atoms with van der Waals surface area (Å²) in [6.45, 7) is 2.62. The quantitative estimate of drug-likeness (QED) is 0.600. The lowest BCUT2D eigenvalue weighted by molar-refractivity contribution is 0.335. The standard InChI is InChI=1S/C7H12N4/c8-3-7-10-1-2-11(7)6-4-9-5-6/h1-2,6,9H,3-5,8H2. The van der Waals surface area contributed by atoms with Crippen LogP contribution in [0.5, 0.6) is 0 Å². The number of nitrogens with zero attached hydrogens (tertiary/aromatic N) is 2. The molecule has 60 valence electrons. The van der Waals surface area contributed by atoms with Crippen LogP contribution < -0.4 is 11.1 Å².